The number of nitrogen functional groups attached to an aromatic ring is 1. The monoisotopic (exact) mass is 417 g/mol. The van der Waals surface area contributed by atoms with Crippen molar-refractivity contribution in [2.24, 2.45) is 0 Å². The van der Waals surface area contributed by atoms with E-state index in [1.807, 2.05) is 39.8 Å². The highest BCUT2D eigenvalue weighted by atomic mass is 79.9. The number of halogens is 1. The van der Waals surface area contributed by atoms with Crippen molar-refractivity contribution in [1.82, 2.24) is 9.88 Å². The molecule has 2 amide bonds. The molecule has 3 N–H and O–H groups in total. The summed E-state index contributed by atoms with van der Waals surface area (Å²) in [5.41, 5.74) is 8.43. The third-order valence-electron chi connectivity index (χ3n) is 4.55. The van der Waals surface area contributed by atoms with Crippen LogP contribution in [0.5, 0.6) is 0 Å². The number of carbonyl (C=O) groups is 2. The number of anilines is 1. The third-order valence-corrected chi connectivity index (χ3v) is 5.01. The predicted octanol–water partition coefficient (Wildman–Crippen LogP) is 3.31. The number of benzene rings is 1. The van der Waals surface area contributed by atoms with Gasteiger partial charge in [0.15, 0.2) is 0 Å². The minimum absolute atomic E-state index is 0.0121. The molecule has 0 unspecified atom stereocenters. The van der Waals surface area contributed by atoms with Crippen molar-refractivity contribution < 1.29 is 9.59 Å². The van der Waals surface area contributed by atoms with E-state index in [0.717, 1.165) is 15.6 Å². The van der Waals surface area contributed by atoms with Crippen LogP contribution in [0.4, 0.5) is 5.82 Å². The van der Waals surface area contributed by atoms with Gasteiger partial charge in [-0.2, -0.15) is 0 Å². The number of hydrogen-bond donors (Lipinski definition) is 2. The average molecular weight is 418 g/mol. The highest BCUT2D eigenvalue weighted by Crippen LogP contribution is 2.35. The molecule has 1 aliphatic rings. The quantitative estimate of drug-likeness (QED) is 0.748. The standard InChI is InChI=1S/C19H20BrN3O3/c1-8(2)11-5-10(20)6-12(9(3)4)16(11)23-14(24)7-13-15(17(23)21)19(26)22-18(13)25/h5-9H,21H2,1-4H3,(H,22,25,26). The lowest BCUT2D eigenvalue weighted by Crippen LogP contribution is -2.26. The van der Waals surface area contributed by atoms with Gasteiger partial charge in [0, 0.05) is 10.5 Å². The van der Waals surface area contributed by atoms with E-state index < -0.39 is 17.4 Å². The first-order valence-corrected chi connectivity index (χ1v) is 9.17. The smallest absolute Gasteiger partial charge is 0.262 e. The van der Waals surface area contributed by atoms with Gasteiger partial charge < -0.3 is 5.73 Å². The fourth-order valence-corrected chi connectivity index (χ4v) is 3.78. The molecule has 0 fully saturated rings. The molecule has 0 atom stereocenters. The zero-order chi connectivity index (χ0) is 19.3. The highest BCUT2D eigenvalue weighted by Gasteiger charge is 2.33. The second-order valence-corrected chi connectivity index (χ2v) is 7.93. The number of amides is 2. The normalized spacial score (nSPS) is 13.5. The lowest BCUT2D eigenvalue weighted by Gasteiger charge is -2.23. The third kappa shape index (κ3) is 2.76. The van der Waals surface area contributed by atoms with E-state index >= 15 is 0 Å². The Bertz CT molecular complexity index is 977. The molecule has 0 saturated heterocycles. The lowest BCUT2D eigenvalue weighted by atomic mass is 9.92. The summed E-state index contributed by atoms with van der Waals surface area (Å²) >= 11 is 3.53. The van der Waals surface area contributed by atoms with Gasteiger partial charge in [-0.25, -0.2) is 0 Å². The fraction of sp³-hybridized carbons (Fsp3) is 0.316. The number of nitrogens with zero attached hydrogens (tertiary/aromatic N) is 1. The SMILES string of the molecule is CC(C)c1cc(Br)cc(C(C)C)c1-n1c(N)c2c(cc1=O)C(=O)NC2=O. The van der Waals surface area contributed by atoms with Crippen molar-refractivity contribution in [3.05, 3.63) is 55.3 Å². The second kappa shape index (κ2) is 6.39. The van der Waals surface area contributed by atoms with E-state index in [4.69, 9.17) is 5.73 Å². The molecule has 6 nitrogen and oxygen atoms in total. The number of hydrogen-bond acceptors (Lipinski definition) is 4. The minimum atomic E-state index is -0.593. The Morgan fingerprint density at radius 2 is 1.50 bits per heavy atom. The largest absolute Gasteiger partial charge is 0.384 e. The number of aromatic nitrogens is 1. The molecule has 1 aliphatic heterocycles. The van der Waals surface area contributed by atoms with Crippen LogP contribution in [-0.4, -0.2) is 16.4 Å². The number of pyridine rings is 1. The molecule has 2 heterocycles. The number of fused-ring (bicyclic) bond motifs is 1. The summed E-state index contributed by atoms with van der Waals surface area (Å²) < 4.78 is 2.27. The second-order valence-electron chi connectivity index (χ2n) is 7.02. The van der Waals surface area contributed by atoms with E-state index in [1.54, 1.807) is 0 Å². The molecule has 0 spiro atoms. The van der Waals surface area contributed by atoms with Crippen LogP contribution < -0.4 is 16.6 Å². The van der Waals surface area contributed by atoms with Gasteiger partial charge in [0.1, 0.15) is 5.82 Å². The number of carbonyl (C=O) groups excluding carboxylic acids is 2. The summed E-state index contributed by atoms with van der Waals surface area (Å²) in [6.45, 7) is 8.11. The minimum Gasteiger partial charge on any atom is -0.384 e. The highest BCUT2D eigenvalue weighted by molar-refractivity contribution is 9.10. The summed E-state index contributed by atoms with van der Waals surface area (Å²) in [4.78, 5) is 36.9. The maximum absolute atomic E-state index is 12.9. The van der Waals surface area contributed by atoms with E-state index in [1.165, 1.54) is 10.6 Å². The Morgan fingerprint density at radius 1 is 0.962 bits per heavy atom. The van der Waals surface area contributed by atoms with Crippen molar-refractivity contribution in [3.8, 4) is 5.69 Å². The van der Waals surface area contributed by atoms with Gasteiger partial charge in [0.05, 0.1) is 16.8 Å². The number of nitrogens with one attached hydrogen (secondary N) is 1. The van der Waals surface area contributed by atoms with E-state index in [9.17, 15) is 14.4 Å². The van der Waals surface area contributed by atoms with E-state index in [2.05, 4.69) is 21.2 Å². The molecule has 26 heavy (non-hydrogen) atoms. The van der Waals surface area contributed by atoms with Crippen molar-refractivity contribution in [2.45, 2.75) is 39.5 Å². The van der Waals surface area contributed by atoms with Gasteiger partial charge in [0.25, 0.3) is 17.4 Å². The zero-order valence-electron chi connectivity index (χ0n) is 15.0. The number of rotatable bonds is 3. The van der Waals surface area contributed by atoms with Gasteiger partial charge in [0.2, 0.25) is 0 Å². The maximum Gasteiger partial charge on any atom is 0.262 e. The first kappa shape index (κ1) is 18.4. The maximum atomic E-state index is 12.9. The van der Waals surface area contributed by atoms with Crippen LogP contribution in [0.3, 0.4) is 0 Å². The number of imide groups is 1. The Labute approximate surface area is 159 Å². The molecule has 2 aromatic rings. The van der Waals surface area contributed by atoms with Crippen molar-refractivity contribution in [1.29, 1.82) is 0 Å². The Balaban J connectivity index is 2.46. The fourth-order valence-electron chi connectivity index (χ4n) is 3.29. The van der Waals surface area contributed by atoms with Crippen LogP contribution in [-0.2, 0) is 0 Å². The number of nitrogens with two attached hydrogens (primary N) is 1. The molecule has 0 radical (unpaired) electrons. The van der Waals surface area contributed by atoms with E-state index in [0.29, 0.717) is 5.69 Å². The average Bonchev–Trinajstić information content (AvgIpc) is 2.81. The van der Waals surface area contributed by atoms with Gasteiger partial charge in [-0.05, 0) is 35.1 Å². The van der Waals surface area contributed by atoms with Crippen LogP contribution in [0, 0.1) is 0 Å². The van der Waals surface area contributed by atoms with Crippen molar-refractivity contribution in [2.75, 3.05) is 5.73 Å². The summed E-state index contributed by atoms with van der Waals surface area (Å²) in [7, 11) is 0. The van der Waals surface area contributed by atoms with Crippen LogP contribution in [0.2, 0.25) is 0 Å². The van der Waals surface area contributed by atoms with Crippen molar-refractivity contribution in [3.63, 3.8) is 0 Å². The summed E-state index contributed by atoms with van der Waals surface area (Å²) in [6.07, 6.45) is 0. The molecule has 0 bridgehead atoms. The molecule has 0 saturated carbocycles. The molecule has 0 aliphatic carbocycles. The molecule has 1 aromatic carbocycles. The first-order chi connectivity index (χ1) is 12.1. The molecule has 7 heteroatoms. The molecule has 3 rings (SSSR count). The van der Waals surface area contributed by atoms with Gasteiger partial charge >= 0.3 is 0 Å². The van der Waals surface area contributed by atoms with Gasteiger partial charge in [-0.1, -0.05) is 43.6 Å². The van der Waals surface area contributed by atoms with Crippen molar-refractivity contribution >= 4 is 33.6 Å². The molecule has 136 valence electrons. The zero-order valence-corrected chi connectivity index (χ0v) is 16.6. The van der Waals surface area contributed by atoms with Gasteiger partial charge in [-0.3, -0.25) is 24.3 Å². The molecular weight excluding hydrogens is 398 g/mol. The van der Waals surface area contributed by atoms with Crippen LogP contribution in [0.1, 0.15) is 71.4 Å². The lowest BCUT2D eigenvalue weighted by molar-refractivity contribution is 0.0880. The van der Waals surface area contributed by atoms with Crippen LogP contribution >= 0.6 is 15.9 Å². The first-order valence-electron chi connectivity index (χ1n) is 8.38. The summed E-state index contributed by atoms with van der Waals surface area (Å²) in [5, 5.41) is 2.20. The van der Waals surface area contributed by atoms with Crippen LogP contribution in [0.15, 0.2) is 27.5 Å². The Hall–Kier alpha value is -2.41. The van der Waals surface area contributed by atoms with E-state index in [-0.39, 0.29) is 28.8 Å². The predicted molar refractivity (Wildman–Crippen MR) is 104 cm³/mol. The molecule has 1 aromatic heterocycles. The topological polar surface area (TPSA) is 94.2 Å². The summed E-state index contributed by atoms with van der Waals surface area (Å²) in [6, 6.07) is 5.09. The van der Waals surface area contributed by atoms with Crippen LogP contribution in [0.25, 0.3) is 5.69 Å². The molecular formula is C19H20BrN3O3. The Kier molecular flexibility index (Phi) is 4.52. The summed E-state index contributed by atoms with van der Waals surface area (Å²) in [5.74, 6) is -0.942. The van der Waals surface area contributed by atoms with Gasteiger partial charge in [-0.15, -0.1) is 0 Å². The Morgan fingerprint density at radius 3 is 2.00 bits per heavy atom.